The van der Waals surface area contributed by atoms with Crippen LogP contribution in [0.3, 0.4) is 0 Å². The van der Waals surface area contributed by atoms with Crippen LogP contribution in [-0.4, -0.2) is 41.2 Å². The van der Waals surface area contributed by atoms with Gasteiger partial charge in [0.05, 0.1) is 11.8 Å². The van der Waals surface area contributed by atoms with E-state index in [0.717, 1.165) is 19.4 Å². The predicted octanol–water partition coefficient (Wildman–Crippen LogP) is 2.73. The van der Waals surface area contributed by atoms with E-state index in [-0.39, 0.29) is 29.7 Å². The number of aryl methyl sites for hydroxylation is 1. The van der Waals surface area contributed by atoms with E-state index in [1.54, 1.807) is 7.05 Å². The van der Waals surface area contributed by atoms with E-state index in [2.05, 4.69) is 29.2 Å². The molecule has 0 radical (unpaired) electrons. The first-order valence-electron chi connectivity index (χ1n) is 9.28. The SMILES string of the molecule is CN1C(=O)C2CN(Cc3ccccc3)[C@@H](CCc3ccccc3)C2C1=O. The molecule has 0 aliphatic carbocycles. The van der Waals surface area contributed by atoms with Gasteiger partial charge in [-0.25, -0.2) is 0 Å². The van der Waals surface area contributed by atoms with Crippen LogP contribution in [-0.2, 0) is 22.6 Å². The number of fused-ring (bicyclic) bond motifs is 1. The summed E-state index contributed by atoms with van der Waals surface area (Å²) in [6.07, 6.45) is 1.82. The van der Waals surface area contributed by atoms with Gasteiger partial charge in [0.2, 0.25) is 11.8 Å². The van der Waals surface area contributed by atoms with Gasteiger partial charge >= 0.3 is 0 Å². The normalized spacial score (nSPS) is 25.7. The smallest absolute Gasteiger partial charge is 0.234 e. The highest BCUT2D eigenvalue weighted by atomic mass is 16.2. The molecule has 2 heterocycles. The zero-order valence-corrected chi connectivity index (χ0v) is 15.0. The first-order valence-corrected chi connectivity index (χ1v) is 9.28. The fourth-order valence-corrected chi connectivity index (χ4v) is 4.47. The highest BCUT2D eigenvalue weighted by Crippen LogP contribution is 2.40. The van der Waals surface area contributed by atoms with Gasteiger partial charge < -0.3 is 0 Å². The van der Waals surface area contributed by atoms with E-state index in [0.29, 0.717) is 6.54 Å². The summed E-state index contributed by atoms with van der Waals surface area (Å²) in [5.74, 6) is -0.397. The third kappa shape index (κ3) is 3.06. The van der Waals surface area contributed by atoms with Gasteiger partial charge in [0.1, 0.15) is 0 Å². The lowest BCUT2D eigenvalue weighted by atomic mass is 9.89. The van der Waals surface area contributed by atoms with Crippen molar-refractivity contribution in [3.63, 3.8) is 0 Å². The van der Waals surface area contributed by atoms with E-state index in [9.17, 15) is 9.59 Å². The van der Waals surface area contributed by atoms with Crippen molar-refractivity contribution in [2.24, 2.45) is 11.8 Å². The van der Waals surface area contributed by atoms with Crippen molar-refractivity contribution in [2.75, 3.05) is 13.6 Å². The number of carbonyl (C=O) groups excluding carboxylic acids is 2. The van der Waals surface area contributed by atoms with Crippen molar-refractivity contribution in [2.45, 2.75) is 25.4 Å². The summed E-state index contributed by atoms with van der Waals surface area (Å²) < 4.78 is 0. The number of carbonyl (C=O) groups is 2. The fourth-order valence-electron chi connectivity index (χ4n) is 4.47. The van der Waals surface area contributed by atoms with Gasteiger partial charge in [-0.05, 0) is 24.0 Å². The first-order chi connectivity index (χ1) is 12.6. The molecule has 0 bridgehead atoms. The lowest BCUT2D eigenvalue weighted by Crippen LogP contribution is -2.39. The highest BCUT2D eigenvalue weighted by molar-refractivity contribution is 6.05. The lowest BCUT2D eigenvalue weighted by Gasteiger charge is -2.28. The Kier molecular flexibility index (Phi) is 4.60. The average molecular weight is 348 g/mol. The maximum absolute atomic E-state index is 12.7. The topological polar surface area (TPSA) is 40.6 Å². The Hall–Kier alpha value is -2.46. The van der Waals surface area contributed by atoms with Crippen LogP contribution in [0.4, 0.5) is 0 Å². The monoisotopic (exact) mass is 348 g/mol. The maximum Gasteiger partial charge on any atom is 0.234 e. The van der Waals surface area contributed by atoms with Crippen LogP contribution in [0, 0.1) is 11.8 Å². The van der Waals surface area contributed by atoms with Crippen LogP contribution >= 0.6 is 0 Å². The summed E-state index contributed by atoms with van der Waals surface area (Å²) in [5, 5.41) is 0. The van der Waals surface area contributed by atoms with Crippen LogP contribution in [0.5, 0.6) is 0 Å². The van der Waals surface area contributed by atoms with Crippen LogP contribution < -0.4 is 0 Å². The minimum absolute atomic E-state index is 0.00590. The minimum atomic E-state index is -0.195. The van der Waals surface area contributed by atoms with E-state index < -0.39 is 0 Å². The molecule has 0 N–H and O–H groups in total. The van der Waals surface area contributed by atoms with Gasteiger partial charge in [0, 0.05) is 26.2 Å². The standard InChI is InChI=1S/C22H24N2O2/c1-23-21(25)18-15-24(14-17-10-6-3-7-11-17)19(20(18)22(23)26)13-12-16-8-4-2-5-9-16/h2-11,18-20H,12-15H2,1H3/t18?,19-,20?/m0/s1. The Labute approximate surface area is 154 Å². The second-order valence-corrected chi connectivity index (χ2v) is 7.37. The molecule has 2 saturated heterocycles. The van der Waals surface area contributed by atoms with Crippen molar-refractivity contribution in [3.8, 4) is 0 Å². The van der Waals surface area contributed by atoms with Crippen LogP contribution in [0.2, 0.25) is 0 Å². The van der Waals surface area contributed by atoms with Crippen LogP contribution in [0.25, 0.3) is 0 Å². The van der Waals surface area contributed by atoms with E-state index in [1.165, 1.54) is 16.0 Å². The van der Waals surface area contributed by atoms with Crippen molar-refractivity contribution in [1.82, 2.24) is 9.80 Å². The number of hydrogen-bond acceptors (Lipinski definition) is 3. The molecule has 0 saturated carbocycles. The average Bonchev–Trinajstić information content (AvgIpc) is 3.13. The quantitative estimate of drug-likeness (QED) is 0.780. The molecule has 0 aromatic heterocycles. The van der Waals surface area contributed by atoms with Crippen molar-refractivity contribution in [3.05, 3.63) is 71.8 Å². The molecule has 4 rings (SSSR count). The molecule has 0 spiro atoms. The largest absolute Gasteiger partial charge is 0.294 e. The number of rotatable bonds is 5. The van der Waals surface area contributed by atoms with E-state index >= 15 is 0 Å². The van der Waals surface area contributed by atoms with Crippen molar-refractivity contribution >= 4 is 11.8 Å². The Morgan fingerprint density at radius 2 is 1.50 bits per heavy atom. The van der Waals surface area contributed by atoms with Crippen LogP contribution in [0.15, 0.2) is 60.7 Å². The second kappa shape index (κ2) is 7.04. The highest BCUT2D eigenvalue weighted by Gasteiger charge is 2.55. The zero-order valence-electron chi connectivity index (χ0n) is 15.0. The molecule has 2 unspecified atom stereocenters. The molecule has 2 aromatic rings. The number of nitrogens with zero attached hydrogens (tertiary/aromatic N) is 2. The molecule has 2 aromatic carbocycles. The number of hydrogen-bond donors (Lipinski definition) is 0. The summed E-state index contributed by atoms with van der Waals surface area (Å²) in [4.78, 5) is 28.9. The molecule has 4 heteroatoms. The van der Waals surface area contributed by atoms with Gasteiger partial charge in [-0.15, -0.1) is 0 Å². The van der Waals surface area contributed by atoms with Gasteiger partial charge in [-0.3, -0.25) is 19.4 Å². The molecule has 2 aliphatic rings. The van der Waals surface area contributed by atoms with Crippen LogP contribution in [0.1, 0.15) is 17.5 Å². The number of imide groups is 1. The molecule has 4 nitrogen and oxygen atoms in total. The summed E-state index contributed by atoms with van der Waals surface area (Å²) in [6, 6.07) is 20.8. The minimum Gasteiger partial charge on any atom is -0.294 e. The van der Waals surface area contributed by atoms with Crippen molar-refractivity contribution in [1.29, 1.82) is 0 Å². The summed E-state index contributed by atoms with van der Waals surface area (Å²) >= 11 is 0. The van der Waals surface area contributed by atoms with Gasteiger partial charge in [-0.1, -0.05) is 60.7 Å². The summed E-state index contributed by atoms with van der Waals surface area (Å²) in [5.41, 5.74) is 2.51. The summed E-state index contributed by atoms with van der Waals surface area (Å²) in [7, 11) is 1.62. The number of benzene rings is 2. The Morgan fingerprint density at radius 1 is 0.885 bits per heavy atom. The molecule has 26 heavy (non-hydrogen) atoms. The van der Waals surface area contributed by atoms with Gasteiger partial charge in [0.15, 0.2) is 0 Å². The molecule has 2 aliphatic heterocycles. The molecule has 2 amide bonds. The molecular formula is C22H24N2O2. The first kappa shape index (κ1) is 17.0. The zero-order chi connectivity index (χ0) is 18.1. The number of amides is 2. The maximum atomic E-state index is 12.7. The second-order valence-electron chi connectivity index (χ2n) is 7.37. The third-order valence-corrected chi connectivity index (χ3v) is 5.81. The summed E-state index contributed by atoms with van der Waals surface area (Å²) in [6.45, 7) is 1.46. The van der Waals surface area contributed by atoms with E-state index in [1.807, 2.05) is 36.4 Å². The molecule has 3 atom stereocenters. The Bertz CT molecular complexity index is 790. The fraction of sp³-hybridized carbons (Fsp3) is 0.364. The predicted molar refractivity (Wildman–Crippen MR) is 100 cm³/mol. The van der Waals surface area contributed by atoms with E-state index in [4.69, 9.17) is 0 Å². The Morgan fingerprint density at radius 3 is 2.15 bits per heavy atom. The van der Waals surface area contributed by atoms with Gasteiger partial charge in [0.25, 0.3) is 0 Å². The number of likely N-dealkylation sites (tertiary alicyclic amines) is 2. The lowest BCUT2D eigenvalue weighted by molar-refractivity contribution is -0.139. The molecule has 134 valence electrons. The molecular weight excluding hydrogens is 324 g/mol. The molecule has 2 fully saturated rings. The van der Waals surface area contributed by atoms with Crippen molar-refractivity contribution < 1.29 is 9.59 Å². The van der Waals surface area contributed by atoms with Gasteiger partial charge in [-0.2, -0.15) is 0 Å². The third-order valence-electron chi connectivity index (χ3n) is 5.81. The Balaban J connectivity index is 1.56.